The number of nitrogens with zero attached hydrogens (tertiary/aromatic N) is 2. The van der Waals surface area contributed by atoms with Crippen LogP contribution in [0.5, 0.6) is 11.5 Å². The van der Waals surface area contributed by atoms with Gasteiger partial charge in [0.1, 0.15) is 28.1 Å². The number of hydrogen-bond donors (Lipinski definition) is 2. The van der Waals surface area contributed by atoms with Gasteiger partial charge in [0.25, 0.3) is 0 Å². The summed E-state index contributed by atoms with van der Waals surface area (Å²) in [4.78, 5) is 6.54. The molecule has 2 aromatic rings. The standard InChI is InChI=1S/C19H23N3O3S/c1-11(2)8-22-9-15(23)17(18(22)20)19-21-14(10-26-19)13-7-12(24-3)5-6-16(13)25-4/h5-7,10-11,20,23H,8-9H2,1-4H3. The first-order valence-electron chi connectivity index (χ1n) is 8.38. The number of methoxy groups -OCH3 is 2. The number of thiazole rings is 1. The van der Waals surface area contributed by atoms with Crippen LogP contribution in [0.2, 0.25) is 0 Å². The number of hydrogen-bond acceptors (Lipinski definition) is 6. The Hall–Kier alpha value is -2.54. The van der Waals surface area contributed by atoms with Gasteiger partial charge in [-0.2, -0.15) is 0 Å². The molecular weight excluding hydrogens is 350 g/mol. The zero-order valence-electron chi connectivity index (χ0n) is 15.4. The fourth-order valence-electron chi connectivity index (χ4n) is 2.98. The van der Waals surface area contributed by atoms with E-state index in [0.29, 0.717) is 40.4 Å². The molecule has 1 aromatic heterocycles. The largest absolute Gasteiger partial charge is 0.510 e. The van der Waals surface area contributed by atoms with E-state index in [-0.39, 0.29) is 5.76 Å². The van der Waals surface area contributed by atoms with Crippen molar-refractivity contribution in [1.82, 2.24) is 9.88 Å². The summed E-state index contributed by atoms with van der Waals surface area (Å²) in [7, 11) is 3.23. The molecule has 0 saturated heterocycles. The number of rotatable bonds is 6. The predicted molar refractivity (Wildman–Crippen MR) is 104 cm³/mol. The molecule has 138 valence electrons. The number of aromatic nitrogens is 1. The highest BCUT2D eigenvalue weighted by molar-refractivity contribution is 7.11. The van der Waals surface area contributed by atoms with Crippen molar-refractivity contribution in [1.29, 1.82) is 5.41 Å². The minimum Gasteiger partial charge on any atom is -0.510 e. The van der Waals surface area contributed by atoms with E-state index in [1.807, 2.05) is 28.5 Å². The second kappa shape index (κ2) is 7.37. The first-order chi connectivity index (χ1) is 12.4. The van der Waals surface area contributed by atoms with Crippen molar-refractivity contribution in [2.75, 3.05) is 27.3 Å². The zero-order chi connectivity index (χ0) is 18.8. The second-order valence-corrected chi connectivity index (χ2v) is 7.41. The Bertz CT molecular complexity index is 857. The van der Waals surface area contributed by atoms with Crippen LogP contribution in [-0.2, 0) is 0 Å². The van der Waals surface area contributed by atoms with Gasteiger partial charge in [-0.1, -0.05) is 13.8 Å². The first-order valence-corrected chi connectivity index (χ1v) is 9.26. The van der Waals surface area contributed by atoms with Gasteiger partial charge in [-0.3, -0.25) is 5.41 Å². The van der Waals surface area contributed by atoms with Gasteiger partial charge >= 0.3 is 0 Å². The molecule has 0 aliphatic carbocycles. The fraction of sp³-hybridized carbons (Fsp3) is 0.368. The topological polar surface area (TPSA) is 78.7 Å². The molecule has 6 nitrogen and oxygen atoms in total. The molecule has 0 radical (unpaired) electrons. The van der Waals surface area contributed by atoms with E-state index in [4.69, 9.17) is 14.9 Å². The summed E-state index contributed by atoms with van der Waals surface area (Å²) in [5.41, 5.74) is 2.07. The zero-order valence-corrected chi connectivity index (χ0v) is 16.2. The monoisotopic (exact) mass is 373 g/mol. The lowest BCUT2D eigenvalue weighted by atomic mass is 10.1. The van der Waals surface area contributed by atoms with Crippen molar-refractivity contribution in [2.45, 2.75) is 13.8 Å². The molecule has 0 saturated carbocycles. The van der Waals surface area contributed by atoms with Crippen molar-refractivity contribution < 1.29 is 14.6 Å². The Labute approximate surface area is 157 Å². The number of aliphatic hydroxyl groups is 1. The van der Waals surface area contributed by atoms with Gasteiger partial charge in [-0.05, 0) is 24.1 Å². The average molecular weight is 373 g/mol. The molecule has 7 heteroatoms. The van der Waals surface area contributed by atoms with Crippen LogP contribution in [-0.4, -0.2) is 48.1 Å². The molecule has 3 rings (SSSR count). The number of amidine groups is 1. The quantitative estimate of drug-likeness (QED) is 0.799. The summed E-state index contributed by atoms with van der Waals surface area (Å²) in [5.74, 6) is 2.36. The van der Waals surface area contributed by atoms with E-state index in [1.165, 1.54) is 11.3 Å². The highest BCUT2D eigenvalue weighted by atomic mass is 32.1. The summed E-state index contributed by atoms with van der Waals surface area (Å²) < 4.78 is 10.7. The Kier molecular flexibility index (Phi) is 5.18. The third-order valence-electron chi connectivity index (χ3n) is 4.17. The van der Waals surface area contributed by atoms with Crippen molar-refractivity contribution in [3.8, 4) is 22.8 Å². The lowest BCUT2D eigenvalue weighted by Gasteiger charge is -2.20. The Morgan fingerprint density at radius 1 is 1.31 bits per heavy atom. The summed E-state index contributed by atoms with van der Waals surface area (Å²) in [6.45, 7) is 5.29. The van der Waals surface area contributed by atoms with E-state index < -0.39 is 0 Å². The highest BCUT2D eigenvalue weighted by Crippen LogP contribution is 2.37. The molecule has 2 N–H and O–H groups in total. The molecule has 1 aliphatic heterocycles. The maximum absolute atomic E-state index is 10.4. The predicted octanol–water partition coefficient (Wildman–Crippen LogP) is 4.05. The second-order valence-electron chi connectivity index (χ2n) is 6.55. The Morgan fingerprint density at radius 3 is 2.73 bits per heavy atom. The van der Waals surface area contributed by atoms with E-state index in [9.17, 15) is 5.11 Å². The van der Waals surface area contributed by atoms with Crippen LogP contribution in [0.3, 0.4) is 0 Å². The summed E-state index contributed by atoms with van der Waals surface area (Å²) in [6, 6.07) is 5.54. The lowest BCUT2D eigenvalue weighted by Crippen LogP contribution is -2.30. The first kappa shape index (κ1) is 18.3. The van der Waals surface area contributed by atoms with Crippen LogP contribution in [0.1, 0.15) is 18.9 Å². The van der Waals surface area contributed by atoms with Gasteiger partial charge < -0.3 is 19.5 Å². The van der Waals surface area contributed by atoms with Crippen LogP contribution in [0, 0.1) is 11.3 Å². The fourth-order valence-corrected chi connectivity index (χ4v) is 3.87. The van der Waals surface area contributed by atoms with E-state index >= 15 is 0 Å². The van der Waals surface area contributed by atoms with Crippen LogP contribution in [0.25, 0.3) is 16.8 Å². The molecule has 1 aromatic carbocycles. The maximum Gasteiger partial charge on any atom is 0.135 e. The molecule has 26 heavy (non-hydrogen) atoms. The normalized spacial score (nSPS) is 14.5. The van der Waals surface area contributed by atoms with Gasteiger partial charge in [0, 0.05) is 17.5 Å². The smallest absolute Gasteiger partial charge is 0.135 e. The third-order valence-corrected chi connectivity index (χ3v) is 5.03. The van der Waals surface area contributed by atoms with Gasteiger partial charge in [-0.25, -0.2) is 4.98 Å². The van der Waals surface area contributed by atoms with Crippen LogP contribution >= 0.6 is 11.3 Å². The molecule has 0 amide bonds. The Balaban J connectivity index is 1.94. The molecule has 0 bridgehead atoms. The van der Waals surface area contributed by atoms with Gasteiger partial charge in [0.05, 0.1) is 32.0 Å². The van der Waals surface area contributed by atoms with Crippen LogP contribution in [0.15, 0.2) is 29.3 Å². The van der Waals surface area contributed by atoms with Crippen molar-refractivity contribution in [3.05, 3.63) is 34.3 Å². The number of aliphatic hydroxyl groups excluding tert-OH is 1. The summed E-state index contributed by atoms with van der Waals surface area (Å²) in [6.07, 6.45) is 0. The highest BCUT2D eigenvalue weighted by Gasteiger charge is 2.30. The molecule has 0 fully saturated rings. The average Bonchev–Trinajstić information content (AvgIpc) is 3.19. The maximum atomic E-state index is 10.4. The van der Waals surface area contributed by atoms with Gasteiger partial charge in [0.15, 0.2) is 0 Å². The minimum atomic E-state index is 0.203. The van der Waals surface area contributed by atoms with Crippen LogP contribution in [0.4, 0.5) is 0 Å². The van der Waals surface area contributed by atoms with E-state index in [0.717, 1.165) is 17.8 Å². The number of benzene rings is 1. The molecule has 0 spiro atoms. The van der Waals surface area contributed by atoms with Crippen LogP contribution < -0.4 is 9.47 Å². The molecule has 2 heterocycles. The van der Waals surface area contributed by atoms with Crippen molar-refractivity contribution in [3.63, 3.8) is 0 Å². The lowest BCUT2D eigenvalue weighted by molar-refractivity contribution is 0.329. The SMILES string of the molecule is COc1ccc(OC)c(-c2csc(C3=C(O)CN(CC(C)C)C3=N)n2)c1. The summed E-state index contributed by atoms with van der Waals surface area (Å²) in [5, 5.41) is 21.3. The Morgan fingerprint density at radius 2 is 2.08 bits per heavy atom. The number of ether oxygens (including phenoxy) is 2. The van der Waals surface area contributed by atoms with E-state index in [2.05, 4.69) is 18.8 Å². The van der Waals surface area contributed by atoms with Crippen molar-refractivity contribution in [2.24, 2.45) is 5.92 Å². The molecule has 0 unspecified atom stereocenters. The van der Waals surface area contributed by atoms with Crippen molar-refractivity contribution >= 4 is 22.7 Å². The van der Waals surface area contributed by atoms with E-state index in [1.54, 1.807) is 14.2 Å². The minimum absolute atomic E-state index is 0.203. The van der Waals surface area contributed by atoms with Gasteiger partial charge in [-0.15, -0.1) is 11.3 Å². The number of nitrogens with one attached hydrogen (secondary N) is 1. The molecule has 1 aliphatic rings. The molecule has 0 atom stereocenters. The summed E-state index contributed by atoms with van der Waals surface area (Å²) >= 11 is 1.41. The molecular formula is C19H23N3O3S. The van der Waals surface area contributed by atoms with Gasteiger partial charge in [0.2, 0.25) is 0 Å². The third kappa shape index (κ3) is 3.39.